The molecular weight excluding hydrogens is 216 g/mol. The predicted octanol–water partition coefficient (Wildman–Crippen LogP) is 1.94. The van der Waals surface area contributed by atoms with Crippen molar-refractivity contribution in [2.24, 2.45) is 0 Å². The van der Waals surface area contributed by atoms with Gasteiger partial charge in [-0.05, 0) is 6.42 Å². The molecule has 0 bridgehead atoms. The highest BCUT2D eigenvalue weighted by Crippen LogP contribution is 2.14. The van der Waals surface area contributed by atoms with E-state index in [1.165, 1.54) is 6.26 Å². The molecule has 0 aliphatic rings. The van der Waals surface area contributed by atoms with Crippen LogP contribution in [0.2, 0.25) is 0 Å². The molecule has 0 aliphatic carbocycles. The molecule has 0 heterocycles. The normalized spacial score (nSPS) is 15.1. The van der Waals surface area contributed by atoms with Crippen molar-refractivity contribution in [3.8, 4) is 0 Å². The van der Waals surface area contributed by atoms with Crippen molar-refractivity contribution >= 4 is 25.8 Å². The Bertz CT molecular complexity index is 174. The molecule has 4 heteroatoms. The number of hydrogen-bond donors (Lipinski definition) is 0. The van der Waals surface area contributed by atoms with E-state index in [-0.39, 0.29) is 4.16 Å². The first kappa shape index (κ1) is 10.4. The van der Waals surface area contributed by atoms with E-state index in [0.29, 0.717) is 0 Å². The lowest BCUT2D eigenvalue weighted by atomic mass is 10.3. The van der Waals surface area contributed by atoms with Crippen molar-refractivity contribution in [3.63, 3.8) is 0 Å². The minimum atomic E-state index is -2.86. The van der Waals surface area contributed by atoms with Crippen molar-refractivity contribution < 1.29 is 8.42 Å². The molecule has 0 fully saturated rings. The summed E-state index contributed by atoms with van der Waals surface area (Å²) in [6, 6.07) is 0. The van der Waals surface area contributed by atoms with E-state index in [0.717, 1.165) is 19.3 Å². The van der Waals surface area contributed by atoms with Crippen LogP contribution in [0.4, 0.5) is 0 Å². The Hall–Kier alpha value is 0.430. The third kappa shape index (κ3) is 4.28. The van der Waals surface area contributed by atoms with Gasteiger partial charge in [0, 0.05) is 6.26 Å². The van der Waals surface area contributed by atoms with Crippen LogP contribution in [0.1, 0.15) is 26.2 Å². The number of alkyl halides is 1. The van der Waals surface area contributed by atoms with E-state index in [9.17, 15) is 8.42 Å². The van der Waals surface area contributed by atoms with E-state index >= 15 is 0 Å². The predicted molar refractivity (Wildman–Crippen MR) is 47.1 cm³/mol. The number of hydrogen-bond acceptors (Lipinski definition) is 2. The summed E-state index contributed by atoms with van der Waals surface area (Å²) in [5.74, 6) is 0. The molecule has 1 unspecified atom stereocenters. The van der Waals surface area contributed by atoms with E-state index in [1.807, 2.05) is 6.92 Å². The molecule has 0 aromatic heterocycles. The molecule has 0 spiro atoms. The van der Waals surface area contributed by atoms with Gasteiger partial charge in [-0.15, -0.1) is 0 Å². The lowest BCUT2D eigenvalue weighted by Gasteiger charge is -2.04. The van der Waals surface area contributed by atoms with Gasteiger partial charge < -0.3 is 0 Å². The topological polar surface area (TPSA) is 34.1 Å². The second-order valence-corrected chi connectivity index (χ2v) is 6.32. The standard InChI is InChI=1S/C6H13BrO2S/c1-3-4-5-6(7)10(2,8)9/h6H,3-5H2,1-2H3. The maximum Gasteiger partial charge on any atom is 0.160 e. The molecule has 0 aromatic rings. The van der Waals surface area contributed by atoms with E-state index in [1.54, 1.807) is 0 Å². The second-order valence-electron chi connectivity index (χ2n) is 2.38. The molecule has 0 N–H and O–H groups in total. The quantitative estimate of drug-likeness (QED) is 0.690. The van der Waals surface area contributed by atoms with Gasteiger partial charge in [-0.3, -0.25) is 0 Å². The SMILES string of the molecule is CCCCC(Br)S(C)(=O)=O. The maximum atomic E-state index is 10.8. The van der Waals surface area contributed by atoms with Crippen LogP contribution in [0.5, 0.6) is 0 Å². The molecule has 0 saturated carbocycles. The zero-order chi connectivity index (χ0) is 8.20. The summed E-state index contributed by atoms with van der Waals surface area (Å²) < 4.78 is 21.2. The fourth-order valence-corrected chi connectivity index (χ4v) is 1.50. The third-order valence-corrected chi connectivity index (χ3v) is 4.91. The van der Waals surface area contributed by atoms with Gasteiger partial charge in [0.25, 0.3) is 0 Å². The van der Waals surface area contributed by atoms with Crippen LogP contribution < -0.4 is 0 Å². The highest BCUT2D eigenvalue weighted by Gasteiger charge is 2.14. The molecular formula is C6H13BrO2S. The van der Waals surface area contributed by atoms with Crippen LogP contribution in [0.15, 0.2) is 0 Å². The number of halogens is 1. The Morgan fingerprint density at radius 2 is 2.00 bits per heavy atom. The molecule has 0 saturated heterocycles. The lowest BCUT2D eigenvalue weighted by molar-refractivity contribution is 0.593. The summed E-state index contributed by atoms with van der Waals surface area (Å²) in [7, 11) is -2.86. The average Bonchev–Trinajstić information content (AvgIpc) is 1.80. The molecule has 2 nitrogen and oxygen atoms in total. The summed E-state index contributed by atoms with van der Waals surface area (Å²) in [4.78, 5) is 0. The Balaban J connectivity index is 3.75. The molecule has 62 valence electrons. The van der Waals surface area contributed by atoms with Crippen LogP contribution in [0, 0.1) is 0 Å². The molecule has 1 atom stereocenters. The monoisotopic (exact) mass is 228 g/mol. The van der Waals surface area contributed by atoms with Gasteiger partial charge in [0.1, 0.15) is 4.16 Å². The van der Waals surface area contributed by atoms with Gasteiger partial charge in [-0.2, -0.15) is 0 Å². The zero-order valence-corrected chi connectivity index (χ0v) is 8.70. The van der Waals surface area contributed by atoms with Crippen molar-refractivity contribution in [3.05, 3.63) is 0 Å². The third-order valence-electron chi connectivity index (χ3n) is 1.25. The summed E-state index contributed by atoms with van der Waals surface area (Å²) in [6.45, 7) is 2.04. The Morgan fingerprint density at radius 1 is 1.50 bits per heavy atom. The molecule has 0 rings (SSSR count). The van der Waals surface area contributed by atoms with Crippen LogP contribution in [-0.4, -0.2) is 18.8 Å². The molecule has 0 aromatic carbocycles. The van der Waals surface area contributed by atoms with Crippen molar-refractivity contribution in [1.29, 1.82) is 0 Å². The molecule has 0 amide bonds. The fraction of sp³-hybridized carbons (Fsp3) is 1.00. The maximum absolute atomic E-state index is 10.8. The number of rotatable bonds is 4. The summed E-state index contributed by atoms with van der Waals surface area (Å²) in [5.41, 5.74) is 0. The van der Waals surface area contributed by atoms with Gasteiger partial charge in [-0.1, -0.05) is 35.7 Å². The van der Waals surface area contributed by atoms with Crippen LogP contribution in [0.3, 0.4) is 0 Å². The van der Waals surface area contributed by atoms with Gasteiger partial charge >= 0.3 is 0 Å². The average molecular weight is 229 g/mol. The Kier molecular flexibility index (Phi) is 4.52. The fourth-order valence-electron chi connectivity index (χ4n) is 0.579. The first-order chi connectivity index (χ1) is 4.48. The van der Waals surface area contributed by atoms with Crippen LogP contribution >= 0.6 is 15.9 Å². The molecule has 10 heavy (non-hydrogen) atoms. The van der Waals surface area contributed by atoms with Crippen LogP contribution in [-0.2, 0) is 9.84 Å². The smallest absolute Gasteiger partial charge is 0.160 e. The highest BCUT2D eigenvalue weighted by molar-refractivity contribution is 9.11. The number of unbranched alkanes of at least 4 members (excludes halogenated alkanes) is 1. The summed E-state index contributed by atoms with van der Waals surface area (Å²) in [5, 5.41) is 0. The van der Waals surface area contributed by atoms with Gasteiger partial charge in [0.2, 0.25) is 0 Å². The van der Waals surface area contributed by atoms with Crippen molar-refractivity contribution in [2.75, 3.05) is 6.26 Å². The minimum absolute atomic E-state index is 0.347. The summed E-state index contributed by atoms with van der Waals surface area (Å²) >= 11 is 3.11. The number of sulfone groups is 1. The second kappa shape index (κ2) is 4.34. The van der Waals surface area contributed by atoms with Crippen molar-refractivity contribution in [1.82, 2.24) is 0 Å². The summed E-state index contributed by atoms with van der Waals surface area (Å²) in [6.07, 6.45) is 3.97. The zero-order valence-electron chi connectivity index (χ0n) is 6.30. The molecule has 0 aliphatic heterocycles. The largest absolute Gasteiger partial charge is 0.228 e. The van der Waals surface area contributed by atoms with Crippen LogP contribution in [0.25, 0.3) is 0 Å². The Morgan fingerprint density at radius 3 is 2.30 bits per heavy atom. The molecule has 0 radical (unpaired) electrons. The highest BCUT2D eigenvalue weighted by atomic mass is 79.9. The first-order valence-corrected chi connectivity index (χ1v) is 6.18. The van der Waals surface area contributed by atoms with Gasteiger partial charge in [-0.25, -0.2) is 8.42 Å². The van der Waals surface area contributed by atoms with Gasteiger partial charge in [0.05, 0.1) is 0 Å². The van der Waals surface area contributed by atoms with E-state index < -0.39 is 9.84 Å². The van der Waals surface area contributed by atoms with E-state index in [2.05, 4.69) is 15.9 Å². The lowest BCUT2D eigenvalue weighted by Crippen LogP contribution is -2.11. The van der Waals surface area contributed by atoms with Crippen molar-refractivity contribution in [2.45, 2.75) is 30.3 Å². The van der Waals surface area contributed by atoms with E-state index in [4.69, 9.17) is 0 Å². The Labute approximate surface area is 71.1 Å². The first-order valence-electron chi connectivity index (χ1n) is 3.31. The van der Waals surface area contributed by atoms with Gasteiger partial charge in [0.15, 0.2) is 9.84 Å². The minimum Gasteiger partial charge on any atom is -0.228 e.